The molecule has 14 heteroatoms. The van der Waals surface area contributed by atoms with Crippen LogP contribution in [0.4, 0.5) is 26.3 Å². The summed E-state index contributed by atoms with van der Waals surface area (Å²) in [7, 11) is -5.85. The second-order valence-corrected chi connectivity index (χ2v) is 9.40. The van der Waals surface area contributed by atoms with Crippen LogP contribution in [0.5, 0.6) is 0 Å². The predicted molar refractivity (Wildman–Crippen MR) is 90.9 cm³/mol. The van der Waals surface area contributed by atoms with Crippen LogP contribution in [-0.4, -0.2) is 55.2 Å². The summed E-state index contributed by atoms with van der Waals surface area (Å²) in [4.78, 5) is 23.9. The molecule has 0 amide bonds. The molecule has 0 aliphatic heterocycles. The van der Waals surface area contributed by atoms with Gasteiger partial charge in [-0.15, -0.1) is 0 Å². The molecule has 7 nitrogen and oxygen atoms in total. The van der Waals surface area contributed by atoms with Crippen molar-refractivity contribution in [2.75, 3.05) is 12.4 Å². The second kappa shape index (κ2) is 8.26. The molecule has 2 rings (SSSR count). The molecule has 4 unspecified atom stereocenters. The Hall–Kier alpha value is -1.83. The van der Waals surface area contributed by atoms with Crippen LogP contribution in [0.25, 0.3) is 0 Å². The standard InChI is InChI=1S/C17H20F6O7S/c1-8(2)13(24)29-6-10-3-9-4-11(10)12(5-9)14(25)30-15(16(18,19)20,17(21,22)23)7-31(26,27)28/h9-12H,1,3-7H2,2H3,(H,26,27,28). The molecule has 0 aromatic rings. The molecule has 2 aliphatic rings. The predicted octanol–water partition coefficient (Wildman–Crippen LogP) is 3.06. The fourth-order valence-corrected chi connectivity index (χ4v) is 5.14. The van der Waals surface area contributed by atoms with Crippen molar-refractivity contribution >= 4 is 22.1 Å². The van der Waals surface area contributed by atoms with Crippen molar-refractivity contribution in [1.82, 2.24) is 0 Å². The molecule has 2 aliphatic carbocycles. The molecule has 2 saturated carbocycles. The van der Waals surface area contributed by atoms with Gasteiger partial charge < -0.3 is 9.47 Å². The molecular formula is C17H20F6O7S. The molecule has 0 saturated heterocycles. The maximum atomic E-state index is 13.4. The summed E-state index contributed by atoms with van der Waals surface area (Å²) in [6.07, 6.45) is -12.0. The first-order valence-corrected chi connectivity index (χ1v) is 10.6. The van der Waals surface area contributed by atoms with Gasteiger partial charge >= 0.3 is 29.9 Å². The summed E-state index contributed by atoms with van der Waals surface area (Å²) in [5.74, 6) is -8.31. The number of hydrogen-bond acceptors (Lipinski definition) is 6. The average molecular weight is 482 g/mol. The quantitative estimate of drug-likeness (QED) is 0.257. The lowest BCUT2D eigenvalue weighted by atomic mass is 9.81. The van der Waals surface area contributed by atoms with E-state index < -0.39 is 63.5 Å². The lowest BCUT2D eigenvalue weighted by molar-refractivity contribution is -0.362. The number of carbonyl (C=O) groups excluding carboxylic acids is 2. The molecule has 0 aromatic heterocycles. The Balaban J connectivity index is 2.26. The summed E-state index contributed by atoms with van der Waals surface area (Å²) >= 11 is 0. The third-order valence-corrected chi connectivity index (χ3v) is 6.38. The maximum absolute atomic E-state index is 13.4. The number of fused-ring (bicyclic) bond motifs is 2. The molecule has 2 bridgehead atoms. The van der Waals surface area contributed by atoms with Gasteiger partial charge in [-0.1, -0.05) is 6.58 Å². The van der Waals surface area contributed by atoms with E-state index in [4.69, 9.17) is 9.29 Å². The lowest BCUT2D eigenvalue weighted by Crippen LogP contribution is -2.64. The highest BCUT2D eigenvalue weighted by Crippen LogP contribution is 2.54. The van der Waals surface area contributed by atoms with Crippen molar-refractivity contribution < 1.29 is 58.4 Å². The highest BCUT2D eigenvalue weighted by atomic mass is 32.2. The van der Waals surface area contributed by atoms with Crippen LogP contribution >= 0.6 is 0 Å². The number of rotatable bonds is 7. The number of esters is 2. The van der Waals surface area contributed by atoms with E-state index in [1.165, 1.54) is 6.92 Å². The van der Waals surface area contributed by atoms with Crippen molar-refractivity contribution in [1.29, 1.82) is 0 Å². The van der Waals surface area contributed by atoms with E-state index >= 15 is 0 Å². The fourth-order valence-electron chi connectivity index (χ4n) is 4.24. The third kappa shape index (κ3) is 5.33. The summed E-state index contributed by atoms with van der Waals surface area (Å²) in [5.41, 5.74) is -5.33. The normalized spacial score (nSPS) is 26.6. The highest BCUT2D eigenvalue weighted by molar-refractivity contribution is 7.85. The number of alkyl halides is 6. The van der Waals surface area contributed by atoms with Crippen LogP contribution in [0, 0.1) is 23.7 Å². The molecule has 4 atom stereocenters. The Bertz CT molecular complexity index is 834. The first kappa shape index (κ1) is 25.4. The second-order valence-electron chi connectivity index (χ2n) is 7.95. The van der Waals surface area contributed by atoms with Crippen molar-refractivity contribution in [2.45, 2.75) is 44.1 Å². The van der Waals surface area contributed by atoms with Crippen LogP contribution in [0.1, 0.15) is 26.2 Å². The van der Waals surface area contributed by atoms with E-state index in [-0.39, 0.29) is 24.5 Å². The number of halogens is 6. The SMILES string of the molecule is C=C(C)C(=O)OCC1CC2CC(C(=O)OC(CS(=O)(=O)O)(C(F)(F)F)C(F)(F)F)C1C2. The van der Waals surface area contributed by atoms with Crippen molar-refractivity contribution in [3.8, 4) is 0 Å². The van der Waals surface area contributed by atoms with E-state index in [0.717, 1.165) is 0 Å². The summed E-state index contributed by atoms with van der Waals surface area (Å²) in [6, 6.07) is 0. The van der Waals surface area contributed by atoms with Crippen LogP contribution < -0.4 is 0 Å². The summed E-state index contributed by atoms with van der Waals surface area (Å²) in [6.45, 7) is 4.55. The minimum atomic E-state index is -6.37. The zero-order chi connectivity index (χ0) is 24.0. The zero-order valence-corrected chi connectivity index (χ0v) is 16.9. The van der Waals surface area contributed by atoms with Crippen molar-refractivity contribution in [3.05, 3.63) is 12.2 Å². The Morgan fingerprint density at radius 2 is 1.61 bits per heavy atom. The largest absolute Gasteiger partial charge is 0.462 e. The van der Waals surface area contributed by atoms with Gasteiger partial charge in [0, 0.05) is 5.57 Å². The van der Waals surface area contributed by atoms with Crippen LogP contribution in [0.3, 0.4) is 0 Å². The molecule has 0 aromatic carbocycles. The van der Waals surface area contributed by atoms with Gasteiger partial charge in [0.2, 0.25) is 0 Å². The third-order valence-electron chi connectivity index (χ3n) is 5.61. The topological polar surface area (TPSA) is 107 Å². The summed E-state index contributed by atoms with van der Waals surface area (Å²) < 4.78 is 120. The van der Waals surface area contributed by atoms with Gasteiger partial charge in [0.15, 0.2) is 0 Å². The van der Waals surface area contributed by atoms with Crippen LogP contribution in [0.15, 0.2) is 12.2 Å². The van der Waals surface area contributed by atoms with E-state index in [2.05, 4.69) is 11.3 Å². The van der Waals surface area contributed by atoms with Gasteiger partial charge in [-0.25, -0.2) is 4.79 Å². The Morgan fingerprint density at radius 3 is 2.03 bits per heavy atom. The van der Waals surface area contributed by atoms with E-state index in [0.29, 0.717) is 12.8 Å². The Kier molecular flexibility index (Phi) is 6.78. The molecule has 0 radical (unpaired) electrons. The number of carbonyl (C=O) groups is 2. The Labute approximate surface area is 173 Å². The monoisotopic (exact) mass is 482 g/mol. The molecule has 31 heavy (non-hydrogen) atoms. The van der Waals surface area contributed by atoms with Gasteiger partial charge in [-0.2, -0.15) is 34.8 Å². The molecule has 178 valence electrons. The lowest BCUT2D eigenvalue weighted by Gasteiger charge is -2.37. The molecule has 0 heterocycles. The van der Waals surface area contributed by atoms with Gasteiger partial charge in [-0.05, 0) is 43.9 Å². The zero-order valence-electron chi connectivity index (χ0n) is 16.1. The van der Waals surface area contributed by atoms with Crippen molar-refractivity contribution in [3.63, 3.8) is 0 Å². The van der Waals surface area contributed by atoms with E-state index in [9.17, 15) is 44.3 Å². The summed E-state index contributed by atoms with van der Waals surface area (Å²) in [5, 5.41) is 0. The van der Waals surface area contributed by atoms with Crippen molar-refractivity contribution in [2.24, 2.45) is 23.7 Å². The molecule has 2 fully saturated rings. The Morgan fingerprint density at radius 1 is 1.06 bits per heavy atom. The van der Waals surface area contributed by atoms with Gasteiger partial charge in [-0.3, -0.25) is 9.35 Å². The minimum absolute atomic E-state index is 0.0495. The maximum Gasteiger partial charge on any atom is 0.438 e. The van der Waals surface area contributed by atoms with Gasteiger partial charge in [0.05, 0.1) is 12.5 Å². The number of hydrogen-bond donors (Lipinski definition) is 1. The average Bonchev–Trinajstić information content (AvgIpc) is 3.15. The fraction of sp³-hybridized carbons (Fsp3) is 0.765. The highest BCUT2D eigenvalue weighted by Gasteiger charge is 2.76. The van der Waals surface area contributed by atoms with Gasteiger partial charge in [0.25, 0.3) is 10.1 Å². The molecule has 1 N–H and O–H groups in total. The number of ether oxygens (including phenoxy) is 2. The molecule has 0 spiro atoms. The molecular weight excluding hydrogens is 462 g/mol. The smallest absolute Gasteiger partial charge is 0.438 e. The van der Waals surface area contributed by atoms with Crippen LogP contribution in [-0.2, 0) is 29.2 Å². The first-order valence-electron chi connectivity index (χ1n) is 9.02. The minimum Gasteiger partial charge on any atom is -0.462 e. The first-order chi connectivity index (χ1) is 13.9. The van der Waals surface area contributed by atoms with Crippen LogP contribution in [0.2, 0.25) is 0 Å². The van der Waals surface area contributed by atoms with Gasteiger partial charge in [0.1, 0.15) is 5.75 Å². The van der Waals surface area contributed by atoms with E-state index in [1.54, 1.807) is 0 Å². The van der Waals surface area contributed by atoms with E-state index in [1.807, 2.05) is 0 Å².